The van der Waals surface area contributed by atoms with Crippen molar-refractivity contribution in [2.45, 2.75) is 38.8 Å². The number of pyridine rings is 1. The van der Waals surface area contributed by atoms with Crippen molar-refractivity contribution in [3.63, 3.8) is 0 Å². The van der Waals surface area contributed by atoms with E-state index < -0.39 is 0 Å². The number of aromatic nitrogens is 1. The highest BCUT2D eigenvalue weighted by Crippen LogP contribution is 2.15. The summed E-state index contributed by atoms with van der Waals surface area (Å²) in [6.07, 6.45) is 2.18. The number of nitrogens with zero attached hydrogens (tertiary/aromatic N) is 2. The lowest BCUT2D eigenvalue weighted by molar-refractivity contribution is 0.191. The van der Waals surface area contributed by atoms with Gasteiger partial charge in [0.1, 0.15) is 0 Å². The van der Waals surface area contributed by atoms with Crippen LogP contribution in [0, 0.1) is 0 Å². The summed E-state index contributed by atoms with van der Waals surface area (Å²) < 4.78 is 0. The average Bonchev–Trinajstić information content (AvgIpc) is 2.54. The predicted octanol–water partition coefficient (Wildman–Crippen LogP) is 1.47. The fourth-order valence-electron chi connectivity index (χ4n) is 2.88. The summed E-state index contributed by atoms with van der Waals surface area (Å²) in [7, 11) is 0. The molecule has 0 saturated carbocycles. The smallest absolute Gasteiger partial charge is 0.0574 e. The summed E-state index contributed by atoms with van der Waals surface area (Å²) in [5, 5.41) is 16.3. The summed E-state index contributed by atoms with van der Waals surface area (Å²) in [6.45, 7) is 9.36. The Morgan fingerprint density at radius 3 is 2.14 bits per heavy atom. The molecule has 1 aromatic heterocycles. The largest absolute Gasteiger partial charge is 0.395 e. The first kappa shape index (κ1) is 17.3. The molecule has 5 heteroatoms. The normalized spacial score (nSPS) is 25.6. The molecule has 0 saturated heterocycles. The van der Waals surface area contributed by atoms with E-state index in [2.05, 4.69) is 47.6 Å². The number of rotatable bonds is 2. The summed E-state index contributed by atoms with van der Waals surface area (Å²) in [5.41, 5.74) is 2.21. The minimum atomic E-state index is 0.238. The van der Waals surface area contributed by atoms with E-state index in [1.54, 1.807) is 0 Å². The standard InChI is InChI=1S/C17H30N4O/c1-14-16-6-3-7-17(20-16)15(2)19-9-5-11-21(12-13-22)10-4-8-18-14/h3,6-7,14-15,18-19,22H,4-5,8-13H2,1-2H3/t14-,15+. The van der Waals surface area contributed by atoms with Crippen molar-refractivity contribution >= 4 is 0 Å². The van der Waals surface area contributed by atoms with Crippen LogP contribution in [0.4, 0.5) is 0 Å². The highest BCUT2D eigenvalue weighted by atomic mass is 16.3. The molecule has 0 aliphatic carbocycles. The Bertz CT molecular complexity index is 407. The Hall–Kier alpha value is -1.01. The van der Waals surface area contributed by atoms with Crippen LogP contribution in [0.3, 0.4) is 0 Å². The molecule has 2 rings (SSSR count). The third kappa shape index (κ3) is 5.32. The second-order valence-electron chi connectivity index (χ2n) is 6.11. The second kappa shape index (κ2) is 9.20. The van der Waals surface area contributed by atoms with Crippen LogP contribution < -0.4 is 10.6 Å². The number of hydrogen-bond acceptors (Lipinski definition) is 5. The van der Waals surface area contributed by atoms with E-state index in [1.165, 1.54) is 0 Å². The van der Waals surface area contributed by atoms with Gasteiger partial charge in [0.05, 0.1) is 18.0 Å². The fraction of sp³-hybridized carbons (Fsp3) is 0.706. The quantitative estimate of drug-likeness (QED) is 0.772. The average molecular weight is 306 g/mol. The van der Waals surface area contributed by atoms with Crippen LogP contribution in [-0.4, -0.2) is 54.3 Å². The van der Waals surface area contributed by atoms with Crippen molar-refractivity contribution in [3.8, 4) is 0 Å². The SMILES string of the molecule is C[C@@H]1NCCCN(CCO)CCCN[C@H](C)c2cccc1n2. The van der Waals surface area contributed by atoms with Crippen molar-refractivity contribution < 1.29 is 5.11 Å². The zero-order valence-electron chi connectivity index (χ0n) is 13.9. The molecule has 1 aliphatic rings. The Morgan fingerprint density at radius 1 is 1.09 bits per heavy atom. The molecule has 0 spiro atoms. The highest BCUT2D eigenvalue weighted by Gasteiger charge is 2.12. The van der Waals surface area contributed by atoms with Gasteiger partial charge in [-0.3, -0.25) is 4.98 Å². The molecule has 0 fully saturated rings. The lowest BCUT2D eigenvalue weighted by Crippen LogP contribution is -2.34. The molecule has 5 nitrogen and oxygen atoms in total. The lowest BCUT2D eigenvalue weighted by atomic mass is 10.1. The van der Waals surface area contributed by atoms with Crippen molar-refractivity contribution in [2.75, 3.05) is 39.3 Å². The number of aliphatic hydroxyl groups excluding tert-OH is 1. The van der Waals surface area contributed by atoms with Crippen LogP contribution in [0.2, 0.25) is 0 Å². The van der Waals surface area contributed by atoms with Crippen LogP contribution in [0.5, 0.6) is 0 Å². The second-order valence-corrected chi connectivity index (χ2v) is 6.11. The first-order valence-corrected chi connectivity index (χ1v) is 8.47. The lowest BCUT2D eigenvalue weighted by Gasteiger charge is -2.24. The molecule has 0 amide bonds. The molecule has 2 atom stereocenters. The summed E-state index contributed by atoms with van der Waals surface area (Å²) >= 11 is 0. The van der Waals surface area contributed by atoms with Crippen LogP contribution in [0.25, 0.3) is 0 Å². The van der Waals surface area contributed by atoms with E-state index in [9.17, 15) is 5.11 Å². The van der Waals surface area contributed by atoms with Crippen LogP contribution in [0.15, 0.2) is 18.2 Å². The van der Waals surface area contributed by atoms with E-state index in [1.807, 2.05) is 0 Å². The number of β-amino-alcohol motifs (C(OH)–C–C–N with tert-alkyl or cyclic N) is 1. The molecule has 3 N–H and O–H groups in total. The number of aliphatic hydroxyl groups is 1. The van der Waals surface area contributed by atoms with E-state index in [0.29, 0.717) is 0 Å². The van der Waals surface area contributed by atoms with Crippen molar-refractivity contribution in [1.29, 1.82) is 0 Å². The minimum Gasteiger partial charge on any atom is -0.395 e. The molecule has 2 bridgehead atoms. The van der Waals surface area contributed by atoms with Gasteiger partial charge in [-0.15, -0.1) is 0 Å². The first-order chi connectivity index (χ1) is 10.7. The van der Waals surface area contributed by atoms with E-state index in [0.717, 1.165) is 57.0 Å². The molecular weight excluding hydrogens is 276 g/mol. The van der Waals surface area contributed by atoms with Crippen molar-refractivity contribution in [3.05, 3.63) is 29.6 Å². The van der Waals surface area contributed by atoms with Crippen LogP contribution in [-0.2, 0) is 0 Å². The molecule has 0 radical (unpaired) electrons. The maximum Gasteiger partial charge on any atom is 0.0574 e. The van der Waals surface area contributed by atoms with Gasteiger partial charge < -0.3 is 20.6 Å². The molecule has 1 aliphatic heterocycles. The van der Waals surface area contributed by atoms with E-state index in [-0.39, 0.29) is 18.7 Å². The Balaban J connectivity index is 2.03. The number of hydrogen-bond donors (Lipinski definition) is 3. The number of nitrogens with one attached hydrogen (secondary N) is 2. The Morgan fingerprint density at radius 2 is 1.64 bits per heavy atom. The van der Waals surface area contributed by atoms with Crippen molar-refractivity contribution in [2.24, 2.45) is 0 Å². The predicted molar refractivity (Wildman–Crippen MR) is 89.8 cm³/mol. The van der Waals surface area contributed by atoms with Crippen LogP contribution in [0.1, 0.15) is 50.2 Å². The first-order valence-electron chi connectivity index (χ1n) is 8.47. The van der Waals surface area contributed by atoms with Gasteiger partial charge in [0, 0.05) is 18.6 Å². The third-order valence-electron chi connectivity index (χ3n) is 4.30. The maximum absolute atomic E-state index is 9.18. The molecule has 0 aromatic carbocycles. The maximum atomic E-state index is 9.18. The highest BCUT2D eigenvalue weighted by molar-refractivity contribution is 5.16. The molecule has 2 heterocycles. The molecular formula is C17H30N4O. The van der Waals surface area contributed by atoms with Gasteiger partial charge in [0.2, 0.25) is 0 Å². The zero-order chi connectivity index (χ0) is 15.8. The summed E-state index contributed by atoms with van der Waals surface area (Å²) in [4.78, 5) is 7.15. The van der Waals surface area contributed by atoms with Gasteiger partial charge in [0.15, 0.2) is 0 Å². The topological polar surface area (TPSA) is 60.4 Å². The van der Waals surface area contributed by atoms with Crippen molar-refractivity contribution in [1.82, 2.24) is 20.5 Å². The summed E-state index contributed by atoms with van der Waals surface area (Å²) in [6, 6.07) is 6.82. The van der Waals surface area contributed by atoms with E-state index in [4.69, 9.17) is 4.98 Å². The zero-order valence-corrected chi connectivity index (χ0v) is 13.9. The van der Waals surface area contributed by atoms with Gasteiger partial charge in [-0.2, -0.15) is 0 Å². The molecule has 124 valence electrons. The van der Waals surface area contributed by atoms with Gasteiger partial charge in [-0.05, 0) is 65.0 Å². The number of fused-ring (bicyclic) bond motifs is 2. The fourth-order valence-corrected chi connectivity index (χ4v) is 2.88. The summed E-state index contributed by atoms with van der Waals surface area (Å²) in [5.74, 6) is 0. The molecule has 22 heavy (non-hydrogen) atoms. The third-order valence-corrected chi connectivity index (χ3v) is 4.30. The van der Waals surface area contributed by atoms with Crippen LogP contribution >= 0.6 is 0 Å². The monoisotopic (exact) mass is 306 g/mol. The minimum absolute atomic E-state index is 0.238. The molecule has 0 unspecified atom stereocenters. The van der Waals surface area contributed by atoms with Gasteiger partial charge in [-0.1, -0.05) is 6.07 Å². The van der Waals surface area contributed by atoms with Gasteiger partial charge >= 0.3 is 0 Å². The van der Waals surface area contributed by atoms with Gasteiger partial charge in [-0.25, -0.2) is 0 Å². The van der Waals surface area contributed by atoms with Gasteiger partial charge in [0.25, 0.3) is 0 Å². The molecule has 1 aromatic rings. The Kier molecular flexibility index (Phi) is 7.25. The van der Waals surface area contributed by atoms with E-state index >= 15 is 0 Å². The Labute approximate surface area is 134 Å².